The molecule has 136 valence electrons. The van der Waals surface area contributed by atoms with E-state index in [0.717, 1.165) is 17.7 Å². The normalized spacial score (nSPS) is 10.9. The van der Waals surface area contributed by atoms with Gasteiger partial charge < -0.3 is 14.0 Å². The number of methoxy groups -OCH3 is 1. The standard InChI is InChI=1S/C17H13F3N2O4/c1-25-16(24)13-6-12(7-21)15(23)22(9-13)8-11-3-2-4-14(5-11)26-10-17(18,19)20/h2-6,9H,8,10H2,1H3. The van der Waals surface area contributed by atoms with Crippen molar-refractivity contribution in [3.63, 3.8) is 0 Å². The minimum absolute atomic E-state index is 0.00752. The molecule has 0 unspecified atom stereocenters. The third-order valence-corrected chi connectivity index (χ3v) is 3.28. The van der Waals surface area contributed by atoms with Crippen LogP contribution in [0.3, 0.4) is 0 Å². The number of hydrogen-bond acceptors (Lipinski definition) is 5. The molecule has 0 bridgehead atoms. The summed E-state index contributed by atoms with van der Waals surface area (Å²) in [5.41, 5.74) is -0.426. The zero-order chi connectivity index (χ0) is 19.3. The SMILES string of the molecule is COC(=O)c1cc(C#N)c(=O)n(Cc2cccc(OCC(F)(F)F)c2)c1. The molecule has 0 amide bonds. The van der Waals surface area contributed by atoms with Gasteiger partial charge >= 0.3 is 12.1 Å². The highest BCUT2D eigenvalue weighted by Crippen LogP contribution is 2.19. The Labute approximate surface area is 146 Å². The molecular weight excluding hydrogens is 353 g/mol. The Balaban J connectivity index is 2.32. The average Bonchev–Trinajstić information content (AvgIpc) is 2.60. The molecule has 0 N–H and O–H groups in total. The molecule has 0 spiro atoms. The summed E-state index contributed by atoms with van der Waals surface area (Å²) in [6.45, 7) is -1.51. The van der Waals surface area contributed by atoms with E-state index in [1.807, 2.05) is 0 Å². The first kappa shape index (κ1) is 19.1. The van der Waals surface area contributed by atoms with Crippen molar-refractivity contribution in [3.8, 4) is 11.8 Å². The van der Waals surface area contributed by atoms with Gasteiger partial charge in [-0.2, -0.15) is 18.4 Å². The molecule has 0 saturated heterocycles. The molecular formula is C17H13F3N2O4. The zero-order valence-corrected chi connectivity index (χ0v) is 13.5. The number of nitrogens with zero attached hydrogens (tertiary/aromatic N) is 2. The molecule has 0 fully saturated rings. The Morgan fingerprint density at radius 3 is 2.65 bits per heavy atom. The molecule has 0 aliphatic heterocycles. The van der Waals surface area contributed by atoms with Crippen LogP contribution in [-0.2, 0) is 11.3 Å². The molecule has 9 heteroatoms. The van der Waals surface area contributed by atoms with Crippen LogP contribution < -0.4 is 10.3 Å². The number of rotatable bonds is 5. The number of ether oxygens (including phenoxy) is 2. The zero-order valence-electron chi connectivity index (χ0n) is 13.5. The number of aromatic nitrogens is 1. The summed E-state index contributed by atoms with van der Waals surface area (Å²) in [5.74, 6) is -0.741. The lowest BCUT2D eigenvalue weighted by molar-refractivity contribution is -0.153. The van der Waals surface area contributed by atoms with Crippen LogP contribution in [0.1, 0.15) is 21.5 Å². The van der Waals surface area contributed by atoms with Crippen molar-refractivity contribution in [2.45, 2.75) is 12.7 Å². The van der Waals surface area contributed by atoms with Gasteiger partial charge in [0.1, 0.15) is 17.4 Å². The second-order valence-electron chi connectivity index (χ2n) is 5.23. The van der Waals surface area contributed by atoms with Gasteiger partial charge in [-0.25, -0.2) is 4.79 Å². The summed E-state index contributed by atoms with van der Waals surface area (Å²) in [6, 6.07) is 8.56. The van der Waals surface area contributed by atoms with E-state index in [0.29, 0.717) is 5.56 Å². The van der Waals surface area contributed by atoms with Crippen LogP contribution in [0.4, 0.5) is 13.2 Å². The van der Waals surface area contributed by atoms with E-state index >= 15 is 0 Å². The Morgan fingerprint density at radius 2 is 2.04 bits per heavy atom. The summed E-state index contributed by atoms with van der Waals surface area (Å²) < 4.78 is 47.0. The van der Waals surface area contributed by atoms with Gasteiger partial charge in [0.15, 0.2) is 6.61 Å². The number of carbonyl (C=O) groups is 1. The van der Waals surface area contributed by atoms with E-state index in [9.17, 15) is 22.8 Å². The van der Waals surface area contributed by atoms with Crippen molar-refractivity contribution in [1.29, 1.82) is 5.26 Å². The van der Waals surface area contributed by atoms with Gasteiger partial charge in [0, 0.05) is 6.20 Å². The maximum atomic E-state index is 12.2. The fourth-order valence-electron chi connectivity index (χ4n) is 2.16. The molecule has 0 saturated carbocycles. The number of alkyl halides is 3. The third kappa shape index (κ3) is 4.86. The van der Waals surface area contributed by atoms with Crippen molar-refractivity contribution in [3.05, 3.63) is 63.6 Å². The van der Waals surface area contributed by atoms with Crippen LogP contribution >= 0.6 is 0 Å². The summed E-state index contributed by atoms with van der Waals surface area (Å²) in [7, 11) is 1.16. The highest BCUT2D eigenvalue weighted by Gasteiger charge is 2.28. The minimum atomic E-state index is -4.47. The molecule has 6 nitrogen and oxygen atoms in total. The fourth-order valence-corrected chi connectivity index (χ4v) is 2.16. The number of carbonyl (C=O) groups excluding carboxylic acids is 1. The van der Waals surface area contributed by atoms with Gasteiger partial charge in [-0.05, 0) is 23.8 Å². The minimum Gasteiger partial charge on any atom is -0.484 e. The van der Waals surface area contributed by atoms with Gasteiger partial charge in [-0.15, -0.1) is 0 Å². The molecule has 2 aromatic rings. The highest BCUT2D eigenvalue weighted by molar-refractivity contribution is 5.89. The first-order chi connectivity index (χ1) is 12.2. The van der Waals surface area contributed by atoms with E-state index in [4.69, 9.17) is 5.26 Å². The van der Waals surface area contributed by atoms with Gasteiger partial charge in [0.25, 0.3) is 5.56 Å². The number of esters is 1. The number of halogens is 3. The average molecular weight is 366 g/mol. The lowest BCUT2D eigenvalue weighted by Gasteiger charge is -2.12. The Morgan fingerprint density at radius 1 is 1.31 bits per heavy atom. The highest BCUT2D eigenvalue weighted by atomic mass is 19.4. The predicted molar refractivity (Wildman–Crippen MR) is 83.9 cm³/mol. The topological polar surface area (TPSA) is 81.3 Å². The van der Waals surface area contributed by atoms with Crippen LogP contribution in [-0.4, -0.2) is 30.4 Å². The second kappa shape index (κ2) is 7.74. The summed E-state index contributed by atoms with van der Waals surface area (Å²) in [4.78, 5) is 23.9. The van der Waals surface area contributed by atoms with Gasteiger partial charge in [0.05, 0.1) is 19.2 Å². The van der Waals surface area contributed by atoms with Gasteiger partial charge in [-0.1, -0.05) is 12.1 Å². The van der Waals surface area contributed by atoms with E-state index in [1.54, 1.807) is 12.1 Å². The summed E-state index contributed by atoms with van der Waals surface area (Å²) in [6.07, 6.45) is -3.25. The first-order valence-electron chi connectivity index (χ1n) is 7.25. The molecule has 1 heterocycles. The Bertz CT molecular complexity index is 913. The van der Waals surface area contributed by atoms with Crippen molar-refractivity contribution < 1.29 is 27.4 Å². The van der Waals surface area contributed by atoms with Gasteiger partial charge in [-0.3, -0.25) is 4.79 Å². The largest absolute Gasteiger partial charge is 0.484 e. The van der Waals surface area contributed by atoms with E-state index in [2.05, 4.69) is 9.47 Å². The molecule has 2 rings (SSSR count). The molecule has 1 aromatic carbocycles. The molecule has 0 aliphatic carbocycles. The van der Waals surface area contributed by atoms with Crippen molar-refractivity contribution in [1.82, 2.24) is 4.57 Å². The van der Waals surface area contributed by atoms with Gasteiger partial charge in [0.2, 0.25) is 0 Å². The Hall–Kier alpha value is -3.28. The smallest absolute Gasteiger partial charge is 0.422 e. The maximum absolute atomic E-state index is 12.2. The number of hydrogen-bond donors (Lipinski definition) is 0. The maximum Gasteiger partial charge on any atom is 0.422 e. The summed E-state index contributed by atoms with van der Waals surface area (Å²) >= 11 is 0. The van der Waals surface area contributed by atoms with Crippen LogP contribution in [0, 0.1) is 11.3 Å². The number of benzene rings is 1. The number of nitriles is 1. The fraction of sp³-hybridized carbons (Fsp3) is 0.235. The molecule has 1 aromatic heterocycles. The Kier molecular flexibility index (Phi) is 5.67. The molecule has 0 atom stereocenters. The first-order valence-corrected chi connectivity index (χ1v) is 7.25. The molecule has 26 heavy (non-hydrogen) atoms. The van der Waals surface area contributed by atoms with Crippen LogP contribution in [0.25, 0.3) is 0 Å². The number of pyridine rings is 1. The van der Waals surface area contributed by atoms with Crippen LogP contribution in [0.15, 0.2) is 41.3 Å². The van der Waals surface area contributed by atoms with Crippen LogP contribution in [0.5, 0.6) is 5.75 Å². The second-order valence-corrected chi connectivity index (χ2v) is 5.23. The lowest BCUT2D eigenvalue weighted by atomic mass is 10.1. The molecule has 0 aliphatic rings. The van der Waals surface area contributed by atoms with Crippen molar-refractivity contribution in [2.24, 2.45) is 0 Å². The van der Waals surface area contributed by atoms with Crippen LogP contribution in [0.2, 0.25) is 0 Å². The third-order valence-electron chi connectivity index (χ3n) is 3.28. The lowest BCUT2D eigenvalue weighted by Crippen LogP contribution is -2.24. The van der Waals surface area contributed by atoms with E-state index in [1.165, 1.54) is 24.4 Å². The van der Waals surface area contributed by atoms with Crippen molar-refractivity contribution in [2.75, 3.05) is 13.7 Å². The monoisotopic (exact) mass is 366 g/mol. The molecule has 0 radical (unpaired) electrons. The van der Waals surface area contributed by atoms with E-state index < -0.39 is 24.3 Å². The predicted octanol–water partition coefficient (Wildman–Crippen LogP) is 2.50. The quantitative estimate of drug-likeness (QED) is 0.760. The van der Waals surface area contributed by atoms with Crippen molar-refractivity contribution >= 4 is 5.97 Å². The van der Waals surface area contributed by atoms with E-state index in [-0.39, 0.29) is 23.4 Å². The summed E-state index contributed by atoms with van der Waals surface area (Å²) in [5, 5.41) is 9.04.